The molecule has 1 aromatic rings. The monoisotopic (exact) mass is 348 g/mol. The molecule has 0 aromatic heterocycles. The number of aliphatic hydroxyl groups is 1. The zero-order valence-electron chi connectivity index (χ0n) is 15.9. The Balaban J connectivity index is 2.11. The smallest absolute Gasteiger partial charge is 0.322 e. The van der Waals surface area contributed by atoms with Gasteiger partial charge in [0.2, 0.25) is 0 Å². The van der Waals surface area contributed by atoms with Gasteiger partial charge in [0.05, 0.1) is 17.5 Å². The molecule has 1 saturated heterocycles. The second kappa shape index (κ2) is 9.06. The second-order valence-electron chi connectivity index (χ2n) is 6.96. The zero-order valence-corrected chi connectivity index (χ0v) is 15.9. The van der Waals surface area contributed by atoms with Gasteiger partial charge in [-0.15, -0.1) is 0 Å². The van der Waals surface area contributed by atoms with E-state index in [1.54, 1.807) is 11.8 Å². The molecule has 1 aliphatic heterocycles. The summed E-state index contributed by atoms with van der Waals surface area (Å²) < 4.78 is 0. The molecule has 0 bridgehead atoms. The van der Waals surface area contributed by atoms with Crippen LogP contribution in [0.25, 0.3) is 0 Å². The Morgan fingerprint density at radius 2 is 1.84 bits per heavy atom. The number of carbonyl (C=O) groups excluding carboxylic acids is 1. The number of hydrogen-bond donors (Lipinski definition) is 2. The molecule has 1 atom stereocenters. The van der Waals surface area contributed by atoms with Crippen molar-refractivity contribution < 1.29 is 9.90 Å². The normalized spacial score (nSPS) is 16.8. The van der Waals surface area contributed by atoms with Crippen LogP contribution in [-0.4, -0.2) is 72.4 Å². The fourth-order valence-corrected chi connectivity index (χ4v) is 3.16. The number of piperazine rings is 1. The first-order valence-corrected chi connectivity index (χ1v) is 9.24. The first-order valence-electron chi connectivity index (χ1n) is 9.24. The van der Waals surface area contributed by atoms with Gasteiger partial charge in [0.1, 0.15) is 0 Å². The average Bonchev–Trinajstić information content (AvgIpc) is 2.60. The Hall–Kier alpha value is -1.79. The molecular formula is C19H32N4O2. The third-order valence-electron chi connectivity index (χ3n) is 4.65. The van der Waals surface area contributed by atoms with E-state index in [1.807, 2.05) is 32.0 Å². The van der Waals surface area contributed by atoms with Crippen LogP contribution >= 0.6 is 0 Å². The van der Waals surface area contributed by atoms with E-state index < -0.39 is 6.10 Å². The Morgan fingerprint density at radius 1 is 1.20 bits per heavy atom. The maximum atomic E-state index is 12.7. The van der Waals surface area contributed by atoms with Crippen LogP contribution in [0.4, 0.5) is 16.2 Å². The molecule has 1 fully saturated rings. The molecule has 2 amide bonds. The highest BCUT2D eigenvalue weighted by Gasteiger charge is 2.22. The number of likely N-dealkylation sites (N-methyl/N-ethyl adjacent to an activating group) is 1. The van der Waals surface area contributed by atoms with E-state index in [0.29, 0.717) is 6.54 Å². The number of nitrogens with zero attached hydrogens (tertiary/aromatic N) is 3. The number of urea groups is 1. The zero-order chi connectivity index (χ0) is 18.4. The summed E-state index contributed by atoms with van der Waals surface area (Å²) in [5, 5.41) is 12.7. The number of hydrogen-bond acceptors (Lipinski definition) is 4. The van der Waals surface area contributed by atoms with Gasteiger partial charge < -0.3 is 25.1 Å². The van der Waals surface area contributed by atoms with Crippen molar-refractivity contribution in [2.75, 3.05) is 49.5 Å². The molecule has 0 unspecified atom stereocenters. The molecule has 1 aromatic carbocycles. The van der Waals surface area contributed by atoms with E-state index in [4.69, 9.17) is 0 Å². The van der Waals surface area contributed by atoms with Crippen molar-refractivity contribution in [3.8, 4) is 0 Å². The van der Waals surface area contributed by atoms with Gasteiger partial charge in [0.15, 0.2) is 0 Å². The lowest BCUT2D eigenvalue weighted by molar-refractivity contribution is 0.125. The lowest BCUT2D eigenvalue weighted by atomic mass is 10.2. The highest BCUT2D eigenvalue weighted by atomic mass is 16.3. The van der Waals surface area contributed by atoms with Crippen molar-refractivity contribution in [1.82, 2.24) is 9.80 Å². The van der Waals surface area contributed by atoms with Crippen molar-refractivity contribution in [3.63, 3.8) is 0 Å². The number of aliphatic hydroxyl groups excluding tert-OH is 1. The van der Waals surface area contributed by atoms with Crippen molar-refractivity contribution in [2.45, 2.75) is 39.8 Å². The van der Waals surface area contributed by atoms with Crippen LogP contribution in [0.5, 0.6) is 0 Å². The summed E-state index contributed by atoms with van der Waals surface area (Å²) in [7, 11) is 0. The molecule has 25 heavy (non-hydrogen) atoms. The first kappa shape index (κ1) is 19.5. The van der Waals surface area contributed by atoms with Gasteiger partial charge in [0, 0.05) is 38.8 Å². The van der Waals surface area contributed by atoms with Crippen LogP contribution in [0, 0.1) is 0 Å². The average molecular weight is 348 g/mol. The van der Waals surface area contributed by atoms with Gasteiger partial charge >= 0.3 is 6.03 Å². The Kier molecular flexibility index (Phi) is 7.08. The predicted molar refractivity (Wildman–Crippen MR) is 103 cm³/mol. The van der Waals surface area contributed by atoms with Crippen LogP contribution in [-0.2, 0) is 0 Å². The van der Waals surface area contributed by atoms with Gasteiger partial charge in [0.25, 0.3) is 0 Å². The lowest BCUT2D eigenvalue weighted by Gasteiger charge is -2.36. The highest BCUT2D eigenvalue weighted by molar-refractivity contribution is 5.93. The molecule has 0 radical (unpaired) electrons. The lowest BCUT2D eigenvalue weighted by Crippen LogP contribution is -2.47. The minimum atomic E-state index is -0.550. The van der Waals surface area contributed by atoms with E-state index in [2.05, 4.69) is 28.1 Å². The van der Waals surface area contributed by atoms with E-state index in [9.17, 15) is 9.90 Å². The number of para-hydroxylation sites is 2. The van der Waals surface area contributed by atoms with Crippen molar-refractivity contribution in [3.05, 3.63) is 24.3 Å². The predicted octanol–water partition coefficient (Wildman–Crippen LogP) is 2.45. The van der Waals surface area contributed by atoms with E-state index >= 15 is 0 Å². The molecule has 1 heterocycles. The van der Waals surface area contributed by atoms with Crippen LogP contribution in [0.15, 0.2) is 24.3 Å². The minimum Gasteiger partial charge on any atom is -0.392 e. The minimum absolute atomic E-state index is 0.0230. The SMILES string of the molecule is CCN1CCN(c2ccccc2NC(=O)N(C[C@@H](C)O)C(C)C)CC1. The number of benzene rings is 1. The van der Waals surface area contributed by atoms with Crippen LogP contribution in [0.2, 0.25) is 0 Å². The maximum absolute atomic E-state index is 12.7. The molecule has 2 N–H and O–H groups in total. The van der Waals surface area contributed by atoms with E-state index in [1.165, 1.54) is 0 Å². The summed E-state index contributed by atoms with van der Waals surface area (Å²) in [4.78, 5) is 19.1. The quantitative estimate of drug-likeness (QED) is 0.829. The number of amides is 2. The summed E-state index contributed by atoms with van der Waals surface area (Å²) >= 11 is 0. The van der Waals surface area contributed by atoms with Crippen molar-refractivity contribution in [1.29, 1.82) is 0 Å². The Labute approximate surface area is 151 Å². The van der Waals surface area contributed by atoms with Crippen molar-refractivity contribution in [2.24, 2.45) is 0 Å². The third-order valence-corrected chi connectivity index (χ3v) is 4.65. The summed E-state index contributed by atoms with van der Waals surface area (Å²) in [5.41, 5.74) is 1.89. The Morgan fingerprint density at radius 3 is 2.40 bits per heavy atom. The number of nitrogens with one attached hydrogen (secondary N) is 1. The summed E-state index contributed by atoms with van der Waals surface area (Å²) in [6, 6.07) is 7.81. The first-order chi connectivity index (χ1) is 11.9. The fraction of sp³-hybridized carbons (Fsp3) is 0.632. The molecule has 2 rings (SSSR count). The van der Waals surface area contributed by atoms with Crippen LogP contribution in [0.1, 0.15) is 27.7 Å². The number of carbonyl (C=O) groups is 1. The van der Waals surface area contributed by atoms with Crippen LogP contribution in [0.3, 0.4) is 0 Å². The van der Waals surface area contributed by atoms with Crippen molar-refractivity contribution >= 4 is 17.4 Å². The summed E-state index contributed by atoms with van der Waals surface area (Å²) in [6.07, 6.45) is -0.550. The molecule has 6 nitrogen and oxygen atoms in total. The molecule has 140 valence electrons. The van der Waals surface area contributed by atoms with E-state index in [-0.39, 0.29) is 12.1 Å². The standard InChI is InChI=1S/C19H32N4O2/c1-5-21-10-12-22(13-11-21)18-9-7-6-8-17(18)20-19(25)23(15(2)3)14-16(4)24/h6-9,15-16,24H,5,10-14H2,1-4H3,(H,20,25)/t16-/m1/s1. The largest absolute Gasteiger partial charge is 0.392 e. The third kappa shape index (κ3) is 5.34. The molecule has 6 heteroatoms. The van der Waals surface area contributed by atoms with Gasteiger partial charge in [-0.2, -0.15) is 0 Å². The second-order valence-corrected chi connectivity index (χ2v) is 6.96. The molecule has 0 saturated carbocycles. The topological polar surface area (TPSA) is 59.0 Å². The number of rotatable bonds is 6. The fourth-order valence-electron chi connectivity index (χ4n) is 3.16. The molecular weight excluding hydrogens is 316 g/mol. The molecule has 1 aliphatic rings. The van der Waals surface area contributed by atoms with Gasteiger partial charge in [-0.1, -0.05) is 19.1 Å². The Bertz CT molecular complexity index is 554. The molecule has 0 spiro atoms. The van der Waals surface area contributed by atoms with Gasteiger partial charge in [-0.05, 0) is 39.4 Å². The van der Waals surface area contributed by atoms with Gasteiger partial charge in [-0.3, -0.25) is 0 Å². The van der Waals surface area contributed by atoms with E-state index in [0.717, 1.165) is 44.1 Å². The maximum Gasteiger partial charge on any atom is 0.322 e. The summed E-state index contributed by atoms with van der Waals surface area (Å²) in [5.74, 6) is 0. The number of anilines is 2. The molecule has 0 aliphatic carbocycles. The van der Waals surface area contributed by atoms with Gasteiger partial charge in [-0.25, -0.2) is 4.79 Å². The summed E-state index contributed by atoms with van der Waals surface area (Å²) in [6.45, 7) is 13.2. The van der Waals surface area contributed by atoms with Crippen LogP contribution < -0.4 is 10.2 Å². The highest BCUT2D eigenvalue weighted by Crippen LogP contribution is 2.27.